The number of halogens is 2. The van der Waals surface area contributed by atoms with Crippen molar-refractivity contribution in [1.29, 1.82) is 0 Å². The van der Waals surface area contributed by atoms with Crippen LogP contribution in [-0.2, 0) is 0 Å². The Morgan fingerprint density at radius 3 is 2.83 bits per heavy atom. The normalized spacial score (nSPS) is 23.0. The van der Waals surface area contributed by atoms with Crippen molar-refractivity contribution in [2.45, 2.75) is 31.8 Å². The number of nitrogens with one attached hydrogen (secondary N) is 1. The van der Waals surface area contributed by atoms with Crippen LogP contribution in [0.4, 0.5) is 8.78 Å². The molecule has 0 radical (unpaired) electrons. The molecule has 1 fully saturated rings. The molecule has 18 heavy (non-hydrogen) atoms. The predicted molar refractivity (Wildman–Crippen MR) is 68.4 cm³/mol. The molecule has 0 bridgehead atoms. The van der Waals surface area contributed by atoms with E-state index in [4.69, 9.17) is 0 Å². The molecule has 4 heteroatoms. The number of likely N-dealkylation sites (N-methyl/N-ethyl adjacent to an activating group) is 1. The van der Waals surface area contributed by atoms with Crippen LogP contribution in [-0.4, -0.2) is 31.1 Å². The lowest BCUT2D eigenvalue weighted by atomic mass is 10.00. The molecule has 0 aromatic heterocycles. The Labute approximate surface area is 107 Å². The topological polar surface area (TPSA) is 15.3 Å². The highest BCUT2D eigenvalue weighted by atomic mass is 19.1. The summed E-state index contributed by atoms with van der Waals surface area (Å²) in [6, 6.07) is 4.30. The van der Waals surface area contributed by atoms with Gasteiger partial charge >= 0.3 is 0 Å². The second-order valence-corrected chi connectivity index (χ2v) is 4.96. The highest BCUT2D eigenvalue weighted by Gasteiger charge is 2.24. The molecule has 1 heterocycles. The van der Waals surface area contributed by atoms with Gasteiger partial charge in [-0.15, -0.1) is 0 Å². The summed E-state index contributed by atoms with van der Waals surface area (Å²) in [7, 11) is 1.96. The molecule has 2 atom stereocenters. The van der Waals surface area contributed by atoms with Gasteiger partial charge in [-0.3, -0.25) is 4.90 Å². The summed E-state index contributed by atoms with van der Waals surface area (Å²) in [5.41, 5.74) is 0.577. The van der Waals surface area contributed by atoms with Gasteiger partial charge in [0.2, 0.25) is 0 Å². The van der Waals surface area contributed by atoms with Crippen LogP contribution in [0.1, 0.15) is 31.4 Å². The van der Waals surface area contributed by atoms with E-state index in [1.165, 1.54) is 6.07 Å². The first-order valence-electron chi connectivity index (χ1n) is 6.48. The van der Waals surface area contributed by atoms with Gasteiger partial charge in [-0.1, -0.05) is 6.07 Å². The molecular weight excluding hydrogens is 234 g/mol. The number of benzene rings is 1. The van der Waals surface area contributed by atoms with Gasteiger partial charge < -0.3 is 5.32 Å². The van der Waals surface area contributed by atoms with Crippen LogP contribution >= 0.6 is 0 Å². The lowest BCUT2D eigenvalue weighted by Crippen LogP contribution is -2.45. The van der Waals surface area contributed by atoms with Gasteiger partial charge in [-0.25, -0.2) is 8.78 Å². The Hall–Kier alpha value is -1.00. The SMILES string of the molecule is CNC1CCCN(C(C)c2ccc(F)cc2F)C1. The predicted octanol–water partition coefficient (Wildman–Crippen LogP) is 2.71. The van der Waals surface area contributed by atoms with Crippen molar-refractivity contribution in [2.75, 3.05) is 20.1 Å². The molecule has 2 nitrogen and oxygen atoms in total. The summed E-state index contributed by atoms with van der Waals surface area (Å²) in [6.45, 7) is 3.86. The summed E-state index contributed by atoms with van der Waals surface area (Å²) < 4.78 is 26.7. The van der Waals surface area contributed by atoms with Crippen molar-refractivity contribution in [1.82, 2.24) is 10.2 Å². The molecule has 1 aromatic rings. The van der Waals surface area contributed by atoms with Crippen LogP contribution in [0.5, 0.6) is 0 Å². The average Bonchev–Trinajstić information content (AvgIpc) is 2.38. The first kappa shape index (κ1) is 13.4. The van der Waals surface area contributed by atoms with Gasteiger partial charge in [0.05, 0.1) is 0 Å². The van der Waals surface area contributed by atoms with E-state index < -0.39 is 11.6 Å². The molecule has 1 N–H and O–H groups in total. The standard InChI is InChI=1S/C14H20F2N2/c1-10(13-6-5-11(15)8-14(13)16)18-7-3-4-12(9-18)17-2/h5-6,8,10,12,17H,3-4,7,9H2,1-2H3. The van der Waals surface area contributed by atoms with E-state index in [1.807, 2.05) is 14.0 Å². The number of hydrogen-bond acceptors (Lipinski definition) is 2. The second-order valence-electron chi connectivity index (χ2n) is 4.96. The monoisotopic (exact) mass is 254 g/mol. The molecule has 100 valence electrons. The van der Waals surface area contributed by atoms with Gasteiger partial charge in [-0.2, -0.15) is 0 Å². The largest absolute Gasteiger partial charge is 0.316 e. The maximum absolute atomic E-state index is 13.8. The molecule has 2 rings (SSSR count). The molecule has 0 saturated carbocycles. The van der Waals surface area contributed by atoms with Gasteiger partial charge in [0, 0.05) is 30.3 Å². The molecule has 2 unspecified atom stereocenters. The zero-order valence-electron chi connectivity index (χ0n) is 10.9. The maximum atomic E-state index is 13.8. The van der Waals surface area contributed by atoms with Crippen molar-refractivity contribution >= 4 is 0 Å². The molecule has 0 amide bonds. The number of likely N-dealkylation sites (tertiary alicyclic amines) is 1. The summed E-state index contributed by atoms with van der Waals surface area (Å²) in [5, 5.41) is 3.27. The van der Waals surface area contributed by atoms with E-state index in [9.17, 15) is 8.78 Å². The van der Waals surface area contributed by atoms with Gasteiger partial charge in [0.25, 0.3) is 0 Å². The summed E-state index contributed by atoms with van der Waals surface area (Å²) in [5.74, 6) is -0.968. The third-order valence-corrected chi connectivity index (χ3v) is 3.82. The number of hydrogen-bond donors (Lipinski definition) is 1. The number of piperidine rings is 1. The van der Waals surface area contributed by atoms with Crippen LogP contribution in [0.25, 0.3) is 0 Å². The first-order valence-corrected chi connectivity index (χ1v) is 6.48. The highest BCUT2D eigenvalue weighted by Crippen LogP contribution is 2.26. The van der Waals surface area contributed by atoms with E-state index >= 15 is 0 Å². The Morgan fingerprint density at radius 2 is 2.17 bits per heavy atom. The fraction of sp³-hybridized carbons (Fsp3) is 0.571. The summed E-state index contributed by atoms with van der Waals surface area (Å²) in [4.78, 5) is 2.25. The quantitative estimate of drug-likeness (QED) is 0.892. The lowest BCUT2D eigenvalue weighted by Gasteiger charge is -2.37. The van der Waals surface area contributed by atoms with Crippen molar-refractivity contribution in [3.8, 4) is 0 Å². The summed E-state index contributed by atoms with van der Waals surface area (Å²) in [6.07, 6.45) is 2.27. The molecule has 0 aliphatic carbocycles. The Kier molecular flexibility index (Phi) is 4.30. The van der Waals surface area contributed by atoms with E-state index in [0.29, 0.717) is 11.6 Å². The summed E-state index contributed by atoms with van der Waals surface area (Å²) >= 11 is 0. The van der Waals surface area contributed by atoms with Crippen molar-refractivity contribution < 1.29 is 8.78 Å². The van der Waals surface area contributed by atoms with Crippen LogP contribution in [0.3, 0.4) is 0 Å². The zero-order chi connectivity index (χ0) is 13.1. The van der Waals surface area contributed by atoms with Gasteiger partial charge in [0.15, 0.2) is 0 Å². The lowest BCUT2D eigenvalue weighted by molar-refractivity contribution is 0.147. The maximum Gasteiger partial charge on any atom is 0.130 e. The average molecular weight is 254 g/mol. The van der Waals surface area contributed by atoms with Crippen LogP contribution in [0, 0.1) is 11.6 Å². The first-order chi connectivity index (χ1) is 8.61. The molecule has 0 spiro atoms. The Bertz CT molecular complexity index is 409. The van der Waals surface area contributed by atoms with Crippen LogP contribution < -0.4 is 5.32 Å². The number of nitrogens with zero attached hydrogens (tertiary/aromatic N) is 1. The fourth-order valence-electron chi connectivity index (χ4n) is 2.63. The van der Waals surface area contributed by atoms with E-state index in [-0.39, 0.29) is 6.04 Å². The minimum Gasteiger partial charge on any atom is -0.316 e. The van der Waals surface area contributed by atoms with E-state index in [2.05, 4.69) is 10.2 Å². The highest BCUT2D eigenvalue weighted by molar-refractivity contribution is 5.22. The molecular formula is C14H20F2N2. The fourth-order valence-corrected chi connectivity index (χ4v) is 2.63. The van der Waals surface area contributed by atoms with Crippen LogP contribution in [0.15, 0.2) is 18.2 Å². The molecule has 1 aliphatic heterocycles. The van der Waals surface area contributed by atoms with Crippen molar-refractivity contribution in [2.24, 2.45) is 0 Å². The van der Waals surface area contributed by atoms with Crippen molar-refractivity contribution in [3.05, 3.63) is 35.4 Å². The third-order valence-electron chi connectivity index (χ3n) is 3.82. The second kappa shape index (κ2) is 5.76. The third kappa shape index (κ3) is 2.87. The number of rotatable bonds is 3. The Balaban J connectivity index is 2.12. The van der Waals surface area contributed by atoms with Gasteiger partial charge in [0.1, 0.15) is 11.6 Å². The van der Waals surface area contributed by atoms with Crippen LogP contribution in [0.2, 0.25) is 0 Å². The molecule has 1 aromatic carbocycles. The van der Waals surface area contributed by atoms with Gasteiger partial charge in [-0.05, 0) is 39.4 Å². The smallest absolute Gasteiger partial charge is 0.130 e. The minimum atomic E-state index is -0.518. The molecule has 1 aliphatic rings. The zero-order valence-corrected chi connectivity index (χ0v) is 10.9. The Morgan fingerprint density at radius 1 is 1.39 bits per heavy atom. The van der Waals surface area contributed by atoms with E-state index in [0.717, 1.165) is 32.0 Å². The van der Waals surface area contributed by atoms with E-state index in [1.54, 1.807) is 6.07 Å². The molecule has 1 saturated heterocycles. The van der Waals surface area contributed by atoms with Crippen molar-refractivity contribution in [3.63, 3.8) is 0 Å². The minimum absolute atomic E-state index is 0.0123.